The average molecular weight is 388 g/mol. The summed E-state index contributed by atoms with van der Waals surface area (Å²) < 4.78 is 24.7. The zero-order valence-corrected chi connectivity index (χ0v) is 16.5. The van der Waals surface area contributed by atoms with Crippen molar-refractivity contribution >= 4 is 21.7 Å². The maximum absolute atomic E-state index is 12.4. The molecule has 1 N–H and O–H groups in total. The number of nitrogens with zero attached hydrogens (tertiary/aromatic N) is 1. The third kappa shape index (κ3) is 5.65. The van der Waals surface area contributed by atoms with Crippen LogP contribution in [0.4, 0.5) is 0 Å². The van der Waals surface area contributed by atoms with Gasteiger partial charge in [0.25, 0.3) is 5.91 Å². The summed E-state index contributed by atoms with van der Waals surface area (Å²) in [6.07, 6.45) is -0.0803. The van der Waals surface area contributed by atoms with E-state index in [1.54, 1.807) is 62.6 Å². The van der Waals surface area contributed by atoms with Gasteiger partial charge in [-0.1, -0.05) is 29.8 Å². The highest BCUT2D eigenvalue weighted by Gasteiger charge is 2.18. The molecule has 2 rings (SSSR count). The number of sulfone groups is 1. The van der Waals surface area contributed by atoms with E-state index in [4.69, 9.17) is 0 Å². The molecule has 7 heteroatoms. The van der Waals surface area contributed by atoms with Gasteiger partial charge < -0.3 is 10.2 Å². The first-order chi connectivity index (χ1) is 12.7. The second-order valence-electron chi connectivity index (χ2n) is 6.41. The number of aryl methyl sites for hydroxylation is 1. The zero-order valence-electron chi connectivity index (χ0n) is 15.7. The molecule has 2 aromatic rings. The van der Waals surface area contributed by atoms with Crippen LogP contribution >= 0.6 is 0 Å². The van der Waals surface area contributed by atoms with Crippen molar-refractivity contribution in [2.75, 3.05) is 19.8 Å². The van der Waals surface area contributed by atoms with Crippen LogP contribution in [-0.2, 0) is 21.2 Å². The summed E-state index contributed by atoms with van der Waals surface area (Å²) in [5.74, 6) is -0.650. The van der Waals surface area contributed by atoms with Gasteiger partial charge in [-0.3, -0.25) is 9.59 Å². The van der Waals surface area contributed by atoms with Crippen molar-refractivity contribution in [3.05, 3.63) is 65.2 Å². The van der Waals surface area contributed by atoms with E-state index in [0.29, 0.717) is 12.1 Å². The van der Waals surface area contributed by atoms with Gasteiger partial charge in [0.05, 0.1) is 10.6 Å². The molecule has 6 nitrogen and oxygen atoms in total. The molecule has 144 valence electrons. The van der Waals surface area contributed by atoms with Gasteiger partial charge in [-0.15, -0.1) is 0 Å². The Morgan fingerprint density at radius 2 is 1.59 bits per heavy atom. The molecule has 0 unspecified atom stereocenters. The lowest BCUT2D eigenvalue weighted by atomic mass is 10.1. The van der Waals surface area contributed by atoms with Crippen LogP contribution in [0.3, 0.4) is 0 Å². The summed E-state index contributed by atoms with van der Waals surface area (Å²) in [6, 6.07) is 13.5. The van der Waals surface area contributed by atoms with Crippen LogP contribution in [0.2, 0.25) is 0 Å². The van der Waals surface area contributed by atoms with Crippen molar-refractivity contribution in [2.24, 2.45) is 0 Å². The molecule has 0 heterocycles. The number of rotatable bonds is 7. The van der Waals surface area contributed by atoms with E-state index in [1.165, 1.54) is 4.90 Å². The first-order valence-electron chi connectivity index (χ1n) is 8.57. The van der Waals surface area contributed by atoms with Gasteiger partial charge in [-0.25, -0.2) is 8.42 Å². The van der Waals surface area contributed by atoms with E-state index in [0.717, 1.165) is 11.1 Å². The minimum absolute atomic E-state index is 0.0803. The molecule has 0 aromatic heterocycles. The normalized spacial score (nSPS) is 11.1. The van der Waals surface area contributed by atoms with Crippen molar-refractivity contribution in [3.63, 3.8) is 0 Å². The topological polar surface area (TPSA) is 83.6 Å². The van der Waals surface area contributed by atoms with Crippen molar-refractivity contribution in [1.29, 1.82) is 0 Å². The lowest BCUT2D eigenvalue weighted by Crippen LogP contribution is -2.28. The Labute approximate surface area is 160 Å². The van der Waals surface area contributed by atoms with Gasteiger partial charge in [-0.2, -0.15) is 0 Å². The Balaban J connectivity index is 1.93. The van der Waals surface area contributed by atoms with Gasteiger partial charge >= 0.3 is 0 Å². The number of hydrogen-bond donors (Lipinski definition) is 1. The number of carbonyl (C=O) groups excluding carboxylic acids is 2. The van der Waals surface area contributed by atoms with E-state index in [-0.39, 0.29) is 28.9 Å². The van der Waals surface area contributed by atoms with Crippen LogP contribution in [0.15, 0.2) is 53.4 Å². The fourth-order valence-electron chi connectivity index (χ4n) is 2.54. The van der Waals surface area contributed by atoms with Crippen LogP contribution in [0.1, 0.15) is 27.9 Å². The molecule has 0 aliphatic rings. The largest absolute Gasteiger partial charge is 0.355 e. The summed E-state index contributed by atoms with van der Waals surface area (Å²) in [6.45, 7) is 2.23. The molecular formula is C20H24N2O4S. The number of amides is 2. The fraction of sp³-hybridized carbons (Fsp3) is 0.300. The molecule has 0 saturated carbocycles. The number of nitrogens with one attached hydrogen (secondary N) is 1. The lowest BCUT2D eigenvalue weighted by molar-refractivity contribution is -0.130. The number of hydrogen-bond acceptors (Lipinski definition) is 4. The van der Waals surface area contributed by atoms with Gasteiger partial charge in [0.15, 0.2) is 9.84 Å². The quantitative estimate of drug-likeness (QED) is 0.788. The second kappa shape index (κ2) is 8.81. The highest BCUT2D eigenvalue weighted by atomic mass is 32.2. The Morgan fingerprint density at radius 3 is 2.15 bits per heavy atom. The standard InChI is InChI=1S/C20H24N2O4S/c1-15-4-10-18(11-5-15)27(25,26)13-12-19(23)22(3)14-16-6-8-17(9-7-16)20(24)21-2/h4-11H,12-14H2,1-3H3,(H,21,24). The summed E-state index contributed by atoms with van der Waals surface area (Å²) in [4.78, 5) is 25.6. The third-order valence-electron chi connectivity index (χ3n) is 4.25. The summed E-state index contributed by atoms with van der Waals surface area (Å²) in [5.41, 5.74) is 2.38. The van der Waals surface area contributed by atoms with E-state index in [1.807, 2.05) is 6.92 Å². The van der Waals surface area contributed by atoms with Crippen molar-refractivity contribution < 1.29 is 18.0 Å². The molecule has 0 radical (unpaired) electrons. The minimum Gasteiger partial charge on any atom is -0.355 e. The Morgan fingerprint density at radius 1 is 1.00 bits per heavy atom. The predicted molar refractivity (Wildman–Crippen MR) is 104 cm³/mol. The molecule has 2 amide bonds. The van der Waals surface area contributed by atoms with E-state index in [9.17, 15) is 18.0 Å². The SMILES string of the molecule is CNC(=O)c1ccc(CN(C)C(=O)CCS(=O)(=O)c2ccc(C)cc2)cc1. The Hall–Kier alpha value is -2.67. The molecular weight excluding hydrogens is 364 g/mol. The lowest BCUT2D eigenvalue weighted by Gasteiger charge is -2.17. The Bertz CT molecular complexity index is 904. The van der Waals surface area contributed by atoms with Gasteiger partial charge in [0.1, 0.15) is 0 Å². The smallest absolute Gasteiger partial charge is 0.251 e. The maximum atomic E-state index is 12.4. The summed E-state index contributed by atoms with van der Waals surface area (Å²) >= 11 is 0. The summed E-state index contributed by atoms with van der Waals surface area (Å²) in [7, 11) is -0.293. The minimum atomic E-state index is -3.49. The van der Waals surface area contributed by atoms with Crippen LogP contribution < -0.4 is 5.32 Å². The average Bonchev–Trinajstić information content (AvgIpc) is 2.66. The van der Waals surface area contributed by atoms with E-state index >= 15 is 0 Å². The van der Waals surface area contributed by atoms with Crippen LogP contribution in [0.5, 0.6) is 0 Å². The maximum Gasteiger partial charge on any atom is 0.251 e. The van der Waals surface area contributed by atoms with Crippen molar-refractivity contribution in [3.8, 4) is 0 Å². The molecule has 2 aromatic carbocycles. The Kier molecular flexibility index (Phi) is 6.74. The van der Waals surface area contributed by atoms with Crippen LogP contribution in [0, 0.1) is 6.92 Å². The van der Waals surface area contributed by atoms with E-state index in [2.05, 4.69) is 5.32 Å². The van der Waals surface area contributed by atoms with E-state index < -0.39 is 9.84 Å². The van der Waals surface area contributed by atoms with Crippen LogP contribution in [-0.4, -0.2) is 45.0 Å². The monoisotopic (exact) mass is 388 g/mol. The predicted octanol–water partition coefficient (Wildman–Crippen LogP) is 2.18. The highest BCUT2D eigenvalue weighted by molar-refractivity contribution is 7.91. The molecule has 0 spiro atoms. The van der Waals surface area contributed by atoms with Gasteiger partial charge in [0.2, 0.25) is 5.91 Å². The van der Waals surface area contributed by atoms with Crippen LogP contribution in [0.25, 0.3) is 0 Å². The number of carbonyl (C=O) groups is 2. The summed E-state index contributed by atoms with van der Waals surface area (Å²) in [5, 5.41) is 2.55. The molecule has 0 saturated heterocycles. The van der Waals surface area contributed by atoms with Gasteiger partial charge in [-0.05, 0) is 36.8 Å². The molecule has 0 aliphatic heterocycles. The zero-order chi connectivity index (χ0) is 20.0. The third-order valence-corrected chi connectivity index (χ3v) is 5.99. The van der Waals surface area contributed by atoms with Crippen molar-refractivity contribution in [2.45, 2.75) is 24.8 Å². The molecule has 0 aliphatic carbocycles. The molecule has 0 bridgehead atoms. The molecule has 27 heavy (non-hydrogen) atoms. The van der Waals surface area contributed by atoms with Gasteiger partial charge in [0, 0.05) is 32.6 Å². The first-order valence-corrected chi connectivity index (χ1v) is 10.2. The molecule has 0 fully saturated rings. The fourth-order valence-corrected chi connectivity index (χ4v) is 3.77. The first kappa shape index (κ1) is 20.6. The highest BCUT2D eigenvalue weighted by Crippen LogP contribution is 2.14. The second-order valence-corrected chi connectivity index (χ2v) is 8.52. The van der Waals surface area contributed by atoms with Crippen molar-refractivity contribution in [1.82, 2.24) is 10.2 Å². The molecule has 0 atom stereocenters. The number of benzene rings is 2.